The van der Waals surface area contributed by atoms with Crippen LogP contribution in [0.5, 0.6) is 0 Å². The van der Waals surface area contributed by atoms with E-state index in [4.69, 9.17) is 0 Å². The summed E-state index contributed by atoms with van der Waals surface area (Å²) >= 11 is 0. The minimum absolute atomic E-state index is 0.208. The van der Waals surface area contributed by atoms with Crippen molar-refractivity contribution in [2.45, 2.75) is 51.6 Å². The summed E-state index contributed by atoms with van der Waals surface area (Å²) in [6.45, 7) is 3.25. The molecule has 2 fully saturated rings. The highest BCUT2D eigenvalue weighted by Gasteiger charge is 2.49. The first kappa shape index (κ1) is 22.5. The van der Waals surface area contributed by atoms with Gasteiger partial charge in [-0.15, -0.1) is 0 Å². The normalized spacial score (nSPS) is 16.8. The zero-order valence-electron chi connectivity index (χ0n) is 18.9. The maximum Gasteiger partial charge on any atom is 0.334 e. The predicted molar refractivity (Wildman–Crippen MR) is 125 cm³/mol. The van der Waals surface area contributed by atoms with E-state index in [1.807, 2.05) is 68.4 Å². The molecule has 172 valence electrons. The fourth-order valence-electron chi connectivity index (χ4n) is 4.48. The number of carbonyl (C=O) groups is 4. The number of anilines is 3. The van der Waals surface area contributed by atoms with Gasteiger partial charge in [-0.1, -0.05) is 31.0 Å². The summed E-state index contributed by atoms with van der Waals surface area (Å²) in [5, 5.41) is 3.29. The van der Waals surface area contributed by atoms with Crippen LogP contribution in [0.2, 0.25) is 0 Å². The van der Waals surface area contributed by atoms with E-state index in [0.717, 1.165) is 34.0 Å². The number of benzene rings is 2. The van der Waals surface area contributed by atoms with E-state index in [2.05, 4.69) is 5.32 Å². The predicted octanol–water partition coefficient (Wildman–Crippen LogP) is 3.91. The van der Waals surface area contributed by atoms with Gasteiger partial charge in [0.2, 0.25) is 5.91 Å². The molecule has 1 saturated heterocycles. The zero-order chi connectivity index (χ0) is 23.5. The summed E-state index contributed by atoms with van der Waals surface area (Å²) in [5.41, 5.74) is 2.46. The van der Waals surface area contributed by atoms with Crippen molar-refractivity contribution >= 4 is 40.8 Å². The molecule has 5 amide bonds. The van der Waals surface area contributed by atoms with Gasteiger partial charge in [0.05, 0.1) is 0 Å². The van der Waals surface area contributed by atoms with Gasteiger partial charge in [0.1, 0.15) is 6.54 Å². The second-order valence-electron chi connectivity index (χ2n) is 8.68. The van der Waals surface area contributed by atoms with Crippen LogP contribution in [0.4, 0.5) is 21.9 Å². The SMILES string of the molecule is CC(C)N(C(=O)CN1C(=O)C(=O)N(C2CCCC2)C1=O)c1ccc(Nc2ccccc2)cc1. The van der Waals surface area contributed by atoms with Crippen molar-refractivity contribution in [1.82, 2.24) is 9.80 Å². The number of carbonyl (C=O) groups excluding carboxylic acids is 4. The van der Waals surface area contributed by atoms with Gasteiger partial charge < -0.3 is 10.2 Å². The zero-order valence-corrected chi connectivity index (χ0v) is 18.9. The van der Waals surface area contributed by atoms with E-state index in [9.17, 15) is 19.2 Å². The van der Waals surface area contributed by atoms with Gasteiger partial charge in [-0.2, -0.15) is 0 Å². The molecule has 1 N–H and O–H groups in total. The van der Waals surface area contributed by atoms with E-state index >= 15 is 0 Å². The van der Waals surface area contributed by atoms with Crippen LogP contribution in [0, 0.1) is 0 Å². The molecular weight excluding hydrogens is 420 g/mol. The lowest BCUT2D eigenvalue weighted by atomic mass is 10.2. The molecule has 2 aromatic carbocycles. The standard InChI is InChI=1S/C25H28N4O4/c1-17(2)28(21-14-12-19(13-15-21)26-18-8-4-3-5-9-18)22(30)16-27-23(31)24(32)29(25(27)33)20-10-6-7-11-20/h3-5,8-9,12-15,17,20,26H,6-7,10-11,16H2,1-2H3. The summed E-state index contributed by atoms with van der Waals surface area (Å²) in [4.78, 5) is 54.3. The number of nitrogens with one attached hydrogen (secondary N) is 1. The Kier molecular flexibility index (Phi) is 6.44. The van der Waals surface area contributed by atoms with E-state index in [1.54, 1.807) is 0 Å². The highest BCUT2D eigenvalue weighted by Crippen LogP contribution is 2.28. The number of nitrogens with zero attached hydrogens (tertiary/aromatic N) is 3. The summed E-state index contributed by atoms with van der Waals surface area (Å²) in [6.07, 6.45) is 3.25. The van der Waals surface area contributed by atoms with E-state index < -0.39 is 30.3 Å². The van der Waals surface area contributed by atoms with Gasteiger partial charge in [-0.25, -0.2) is 9.69 Å². The Balaban J connectivity index is 1.48. The number of para-hydroxylation sites is 1. The van der Waals surface area contributed by atoms with Gasteiger partial charge >= 0.3 is 17.8 Å². The fraction of sp³-hybridized carbons (Fsp3) is 0.360. The molecule has 0 aromatic heterocycles. The van der Waals surface area contributed by atoms with E-state index in [0.29, 0.717) is 18.5 Å². The molecule has 1 aliphatic carbocycles. The molecule has 1 saturated carbocycles. The molecule has 0 bridgehead atoms. The number of rotatable bonds is 7. The summed E-state index contributed by atoms with van der Waals surface area (Å²) < 4.78 is 0. The number of hydrogen-bond donors (Lipinski definition) is 1. The third-order valence-electron chi connectivity index (χ3n) is 6.06. The third-order valence-corrected chi connectivity index (χ3v) is 6.06. The molecule has 0 radical (unpaired) electrons. The molecule has 1 heterocycles. The van der Waals surface area contributed by atoms with Crippen LogP contribution < -0.4 is 10.2 Å². The smallest absolute Gasteiger partial charge is 0.334 e. The van der Waals surface area contributed by atoms with Crippen molar-refractivity contribution in [2.75, 3.05) is 16.8 Å². The molecule has 4 rings (SSSR count). The highest BCUT2D eigenvalue weighted by atomic mass is 16.2. The van der Waals surface area contributed by atoms with Crippen molar-refractivity contribution in [3.63, 3.8) is 0 Å². The molecule has 1 aliphatic heterocycles. The number of amides is 5. The van der Waals surface area contributed by atoms with Crippen LogP contribution in [0.25, 0.3) is 0 Å². The monoisotopic (exact) mass is 448 g/mol. The number of imide groups is 2. The van der Waals surface area contributed by atoms with Crippen LogP contribution in [-0.2, 0) is 14.4 Å². The Bertz CT molecular complexity index is 1050. The Labute approximate surface area is 193 Å². The lowest BCUT2D eigenvalue weighted by Crippen LogP contribution is -2.46. The largest absolute Gasteiger partial charge is 0.356 e. The minimum Gasteiger partial charge on any atom is -0.356 e. The maximum atomic E-state index is 13.2. The molecule has 0 spiro atoms. The van der Waals surface area contributed by atoms with Crippen LogP contribution >= 0.6 is 0 Å². The van der Waals surface area contributed by atoms with Gasteiger partial charge in [-0.05, 0) is 63.1 Å². The summed E-state index contributed by atoms with van der Waals surface area (Å²) in [5.74, 6) is -2.17. The Morgan fingerprint density at radius 3 is 2.15 bits per heavy atom. The summed E-state index contributed by atoms with van der Waals surface area (Å²) in [6, 6.07) is 15.9. The van der Waals surface area contributed by atoms with Crippen LogP contribution in [0.1, 0.15) is 39.5 Å². The van der Waals surface area contributed by atoms with Gasteiger partial charge in [0.25, 0.3) is 0 Å². The molecule has 2 aromatic rings. The molecule has 2 aliphatic rings. The van der Waals surface area contributed by atoms with E-state index in [1.165, 1.54) is 4.90 Å². The second kappa shape index (κ2) is 9.44. The Morgan fingerprint density at radius 1 is 0.939 bits per heavy atom. The third kappa shape index (κ3) is 4.60. The lowest BCUT2D eigenvalue weighted by Gasteiger charge is -2.28. The van der Waals surface area contributed by atoms with Crippen molar-refractivity contribution in [3.05, 3.63) is 54.6 Å². The quantitative estimate of drug-likeness (QED) is 0.512. The Morgan fingerprint density at radius 2 is 1.55 bits per heavy atom. The maximum absolute atomic E-state index is 13.2. The molecule has 8 heteroatoms. The van der Waals surface area contributed by atoms with Crippen molar-refractivity contribution in [1.29, 1.82) is 0 Å². The van der Waals surface area contributed by atoms with Crippen LogP contribution in [0.15, 0.2) is 54.6 Å². The van der Waals surface area contributed by atoms with Gasteiger partial charge in [0.15, 0.2) is 0 Å². The molecule has 8 nitrogen and oxygen atoms in total. The highest BCUT2D eigenvalue weighted by molar-refractivity contribution is 6.45. The topological polar surface area (TPSA) is 90.0 Å². The minimum atomic E-state index is -0.925. The van der Waals surface area contributed by atoms with Crippen molar-refractivity contribution in [2.24, 2.45) is 0 Å². The number of hydrogen-bond acceptors (Lipinski definition) is 5. The van der Waals surface area contributed by atoms with E-state index in [-0.39, 0.29) is 12.1 Å². The van der Waals surface area contributed by atoms with Crippen molar-refractivity contribution < 1.29 is 19.2 Å². The van der Waals surface area contributed by atoms with Crippen molar-refractivity contribution in [3.8, 4) is 0 Å². The number of urea groups is 1. The van der Waals surface area contributed by atoms with Gasteiger partial charge in [0, 0.05) is 29.1 Å². The lowest BCUT2D eigenvalue weighted by molar-refractivity contribution is -0.144. The van der Waals surface area contributed by atoms with Crippen LogP contribution in [0.3, 0.4) is 0 Å². The first-order chi connectivity index (χ1) is 15.9. The van der Waals surface area contributed by atoms with Crippen LogP contribution in [-0.4, -0.2) is 52.2 Å². The molecule has 33 heavy (non-hydrogen) atoms. The van der Waals surface area contributed by atoms with Gasteiger partial charge in [-0.3, -0.25) is 19.3 Å². The first-order valence-corrected chi connectivity index (χ1v) is 11.3. The second-order valence-corrected chi connectivity index (χ2v) is 8.68. The summed E-state index contributed by atoms with van der Waals surface area (Å²) in [7, 11) is 0. The average molecular weight is 449 g/mol. The Hall–Kier alpha value is -3.68. The first-order valence-electron chi connectivity index (χ1n) is 11.3. The molecular formula is C25H28N4O4. The molecule has 0 unspecified atom stereocenters. The fourth-order valence-corrected chi connectivity index (χ4v) is 4.48. The molecule has 0 atom stereocenters. The average Bonchev–Trinajstić information content (AvgIpc) is 3.39.